The van der Waals surface area contributed by atoms with Gasteiger partial charge in [0, 0.05) is 33.4 Å². The fourth-order valence-electron chi connectivity index (χ4n) is 2.40. The summed E-state index contributed by atoms with van der Waals surface area (Å²) < 4.78 is 5.21. The second-order valence-electron chi connectivity index (χ2n) is 5.44. The van der Waals surface area contributed by atoms with Gasteiger partial charge >= 0.3 is 0 Å². The van der Waals surface area contributed by atoms with Crippen molar-refractivity contribution in [2.24, 2.45) is 10.4 Å². The first-order valence-electron chi connectivity index (χ1n) is 6.74. The summed E-state index contributed by atoms with van der Waals surface area (Å²) in [5, 5.41) is 6.90. The molecule has 0 aromatic carbocycles. The summed E-state index contributed by atoms with van der Waals surface area (Å²) in [6.07, 6.45) is 7.75. The third-order valence-electron chi connectivity index (χ3n) is 4.02. The number of nitrogens with one attached hydrogen (secondary N) is 2. The lowest BCUT2D eigenvalue weighted by molar-refractivity contribution is 0.0732. The Kier molecular flexibility index (Phi) is 6.70. The van der Waals surface area contributed by atoms with E-state index in [-0.39, 0.29) is 24.0 Å². The van der Waals surface area contributed by atoms with Gasteiger partial charge in [0.15, 0.2) is 5.96 Å². The van der Waals surface area contributed by atoms with Gasteiger partial charge in [-0.1, -0.05) is 6.42 Å². The summed E-state index contributed by atoms with van der Waals surface area (Å²) in [6.45, 7) is 1.90. The van der Waals surface area contributed by atoms with Gasteiger partial charge in [0.25, 0.3) is 0 Å². The summed E-state index contributed by atoms with van der Waals surface area (Å²) in [7, 11) is 3.63. The highest BCUT2D eigenvalue weighted by atomic mass is 127. The molecule has 0 unspecified atom stereocenters. The quantitative estimate of drug-likeness (QED) is 0.430. The van der Waals surface area contributed by atoms with Gasteiger partial charge in [-0.05, 0) is 37.5 Å². The largest absolute Gasteiger partial charge is 0.385 e. The molecule has 2 saturated carbocycles. The molecule has 0 spiro atoms. The van der Waals surface area contributed by atoms with Crippen molar-refractivity contribution in [2.75, 3.05) is 27.3 Å². The summed E-state index contributed by atoms with van der Waals surface area (Å²) >= 11 is 0. The van der Waals surface area contributed by atoms with Crippen molar-refractivity contribution in [1.82, 2.24) is 10.6 Å². The Bertz CT molecular complexity index is 275. The zero-order chi connectivity index (χ0) is 12.1. The summed E-state index contributed by atoms with van der Waals surface area (Å²) in [4.78, 5) is 4.27. The highest BCUT2D eigenvalue weighted by Gasteiger charge is 2.36. The van der Waals surface area contributed by atoms with Crippen molar-refractivity contribution in [3.8, 4) is 0 Å². The first-order valence-corrected chi connectivity index (χ1v) is 6.74. The average molecular weight is 367 g/mol. The van der Waals surface area contributed by atoms with E-state index in [1.807, 2.05) is 7.05 Å². The minimum absolute atomic E-state index is 0. The Hall–Kier alpha value is -0.0400. The molecule has 0 saturated heterocycles. The molecule has 0 bridgehead atoms. The van der Waals surface area contributed by atoms with Crippen molar-refractivity contribution in [1.29, 1.82) is 0 Å². The minimum atomic E-state index is 0. The Labute approximate surface area is 127 Å². The normalized spacial score (nSPS) is 21.8. The zero-order valence-electron chi connectivity index (χ0n) is 11.5. The van der Waals surface area contributed by atoms with Gasteiger partial charge in [-0.25, -0.2) is 0 Å². The van der Waals surface area contributed by atoms with Crippen LogP contribution >= 0.6 is 24.0 Å². The number of hydrogen-bond acceptors (Lipinski definition) is 2. The summed E-state index contributed by atoms with van der Waals surface area (Å²) in [5.41, 5.74) is 0.456. The molecule has 2 N–H and O–H groups in total. The highest BCUT2D eigenvalue weighted by Crippen LogP contribution is 2.43. The number of rotatable bonds is 6. The molecule has 0 radical (unpaired) electrons. The number of ether oxygens (including phenoxy) is 1. The van der Waals surface area contributed by atoms with E-state index in [0.29, 0.717) is 11.5 Å². The van der Waals surface area contributed by atoms with Gasteiger partial charge in [-0.3, -0.25) is 4.99 Å². The van der Waals surface area contributed by atoms with Crippen molar-refractivity contribution in [2.45, 2.75) is 44.6 Å². The maximum absolute atomic E-state index is 5.21. The SMILES string of the molecule is CN=C(NCC1(CCOC)CCC1)NC1CC1.I. The fraction of sp³-hybridized carbons (Fsp3) is 0.923. The van der Waals surface area contributed by atoms with E-state index in [2.05, 4.69) is 15.6 Å². The van der Waals surface area contributed by atoms with Gasteiger partial charge in [0.1, 0.15) is 0 Å². The molecule has 0 amide bonds. The zero-order valence-corrected chi connectivity index (χ0v) is 13.8. The number of guanidine groups is 1. The van der Waals surface area contributed by atoms with E-state index in [4.69, 9.17) is 4.74 Å². The van der Waals surface area contributed by atoms with Crippen molar-refractivity contribution in [3.63, 3.8) is 0 Å². The molecule has 2 aliphatic carbocycles. The Morgan fingerprint density at radius 2 is 2.11 bits per heavy atom. The molecule has 0 aliphatic heterocycles. The molecule has 106 valence electrons. The Balaban J connectivity index is 0.00000162. The van der Waals surface area contributed by atoms with Gasteiger partial charge in [-0.2, -0.15) is 0 Å². The van der Waals surface area contributed by atoms with Crippen molar-refractivity contribution < 1.29 is 4.74 Å². The monoisotopic (exact) mass is 367 g/mol. The number of hydrogen-bond donors (Lipinski definition) is 2. The number of aliphatic imine (C=N–C) groups is 1. The molecule has 0 atom stereocenters. The predicted molar refractivity (Wildman–Crippen MR) is 85.7 cm³/mol. The summed E-state index contributed by atoms with van der Waals surface area (Å²) in [5.74, 6) is 0.969. The molecule has 4 nitrogen and oxygen atoms in total. The Morgan fingerprint density at radius 1 is 1.39 bits per heavy atom. The predicted octanol–water partition coefficient (Wildman–Crippen LogP) is 2.14. The van der Waals surface area contributed by atoms with Crippen LogP contribution in [0.1, 0.15) is 38.5 Å². The molecule has 2 aliphatic rings. The third-order valence-corrected chi connectivity index (χ3v) is 4.02. The van der Waals surface area contributed by atoms with E-state index in [1.54, 1.807) is 7.11 Å². The molecular weight excluding hydrogens is 341 g/mol. The van der Waals surface area contributed by atoms with Gasteiger partial charge < -0.3 is 15.4 Å². The first-order chi connectivity index (χ1) is 8.28. The smallest absolute Gasteiger partial charge is 0.191 e. The van der Waals surface area contributed by atoms with Crippen molar-refractivity contribution >= 4 is 29.9 Å². The van der Waals surface area contributed by atoms with Crippen LogP contribution in [0.3, 0.4) is 0 Å². The average Bonchev–Trinajstić information content (AvgIpc) is 3.09. The molecule has 5 heteroatoms. The van der Waals surface area contributed by atoms with Gasteiger partial charge in [-0.15, -0.1) is 24.0 Å². The molecule has 0 aromatic heterocycles. The van der Waals surface area contributed by atoms with Crippen LogP contribution in [-0.2, 0) is 4.74 Å². The van der Waals surface area contributed by atoms with Crippen LogP contribution in [0.4, 0.5) is 0 Å². The topological polar surface area (TPSA) is 45.7 Å². The first kappa shape index (κ1) is 16.0. The molecule has 2 rings (SSSR count). The molecule has 0 heterocycles. The number of nitrogens with zero attached hydrogens (tertiary/aromatic N) is 1. The van der Waals surface area contributed by atoms with E-state index in [9.17, 15) is 0 Å². The van der Waals surface area contributed by atoms with Gasteiger partial charge in [0.05, 0.1) is 0 Å². The maximum atomic E-state index is 5.21. The molecule has 2 fully saturated rings. The van der Waals surface area contributed by atoms with Crippen LogP contribution in [0, 0.1) is 5.41 Å². The van der Waals surface area contributed by atoms with Gasteiger partial charge in [0.2, 0.25) is 0 Å². The lowest BCUT2D eigenvalue weighted by Gasteiger charge is -2.42. The van der Waals surface area contributed by atoms with E-state index >= 15 is 0 Å². The highest BCUT2D eigenvalue weighted by molar-refractivity contribution is 14.0. The lowest BCUT2D eigenvalue weighted by atomic mass is 9.67. The molecule has 18 heavy (non-hydrogen) atoms. The second kappa shape index (κ2) is 7.53. The van der Waals surface area contributed by atoms with Crippen molar-refractivity contribution in [3.05, 3.63) is 0 Å². The summed E-state index contributed by atoms with van der Waals surface area (Å²) in [6, 6.07) is 0.664. The van der Waals surface area contributed by atoms with E-state index in [0.717, 1.165) is 25.5 Å². The van der Waals surface area contributed by atoms with E-state index in [1.165, 1.54) is 32.1 Å². The molecular formula is C13H26IN3O. The van der Waals surface area contributed by atoms with Crippen LogP contribution in [0.25, 0.3) is 0 Å². The maximum Gasteiger partial charge on any atom is 0.191 e. The van der Waals surface area contributed by atoms with Crippen LogP contribution in [-0.4, -0.2) is 39.3 Å². The van der Waals surface area contributed by atoms with Crippen LogP contribution in [0.15, 0.2) is 4.99 Å². The van der Waals surface area contributed by atoms with Crippen LogP contribution in [0.5, 0.6) is 0 Å². The van der Waals surface area contributed by atoms with Crippen LogP contribution in [0.2, 0.25) is 0 Å². The second-order valence-corrected chi connectivity index (χ2v) is 5.44. The van der Waals surface area contributed by atoms with E-state index < -0.39 is 0 Å². The fourth-order valence-corrected chi connectivity index (χ4v) is 2.40. The van der Waals surface area contributed by atoms with Crippen LogP contribution < -0.4 is 10.6 Å². The third kappa shape index (κ3) is 4.57. The molecule has 0 aromatic rings. The lowest BCUT2D eigenvalue weighted by Crippen LogP contribution is -2.47. The number of methoxy groups -OCH3 is 1. The minimum Gasteiger partial charge on any atom is -0.385 e. The Morgan fingerprint density at radius 3 is 2.56 bits per heavy atom. The standard InChI is InChI=1S/C13H25N3O.HI/c1-14-12(16-11-4-5-11)15-10-13(6-3-7-13)8-9-17-2;/h11H,3-10H2,1-2H3,(H2,14,15,16);1H. The number of halogens is 1.